The number of amides is 1. The van der Waals surface area contributed by atoms with Gasteiger partial charge in [0.2, 0.25) is 0 Å². The van der Waals surface area contributed by atoms with Gasteiger partial charge in [-0.05, 0) is 52.9 Å². The maximum Gasteiger partial charge on any atom is 0.272 e. The molecule has 2 aromatic rings. The van der Waals surface area contributed by atoms with Gasteiger partial charge < -0.3 is 4.74 Å². The molecule has 0 saturated heterocycles. The molecule has 1 N–H and O–H groups in total. The van der Waals surface area contributed by atoms with Gasteiger partial charge in [-0.25, -0.2) is 5.43 Å². The van der Waals surface area contributed by atoms with Gasteiger partial charge in [0.25, 0.3) is 5.91 Å². The topological polar surface area (TPSA) is 50.7 Å². The number of nitrogens with zero attached hydrogens (tertiary/aromatic N) is 1. The molecule has 2 aromatic carbocycles. The molecule has 21 heavy (non-hydrogen) atoms. The molecule has 0 saturated carbocycles. The third-order valence-corrected chi connectivity index (χ3v) is 4.11. The van der Waals surface area contributed by atoms with Crippen LogP contribution in [0.25, 0.3) is 0 Å². The molecule has 108 valence electrons. The number of halogens is 2. The van der Waals surface area contributed by atoms with Gasteiger partial charge in [-0.15, -0.1) is 0 Å². The standard InChI is InChI=1S/C15H12BrIN2O2/c1-21-14-7-6-11(16)8-10(14)9-18-19-15(20)12-4-2-3-5-13(12)17/h2-9H,1H3,(H,19,20)/b18-9-. The van der Waals surface area contributed by atoms with Crippen LogP contribution in [0.5, 0.6) is 5.75 Å². The molecule has 0 fully saturated rings. The number of benzene rings is 2. The molecule has 1 amide bonds. The van der Waals surface area contributed by atoms with Gasteiger partial charge in [-0.1, -0.05) is 28.1 Å². The average molecular weight is 459 g/mol. The van der Waals surface area contributed by atoms with Gasteiger partial charge in [-0.3, -0.25) is 4.79 Å². The van der Waals surface area contributed by atoms with Crippen LogP contribution in [-0.4, -0.2) is 19.2 Å². The zero-order chi connectivity index (χ0) is 15.2. The van der Waals surface area contributed by atoms with Crippen molar-refractivity contribution in [1.82, 2.24) is 5.43 Å². The first-order valence-electron chi connectivity index (χ1n) is 6.03. The van der Waals surface area contributed by atoms with E-state index >= 15 is 0 Å². The van der Waals surface area contributed by atoms with Crippen LogP contribution in [0, 0.1) is 3.57 Å². The number of hydrazone groups is 1. The number of methoxy groups -OCH3 is 1. The van der Waals surface area contributed by atoms with Crippen LogP contribution in [0.2, 0.25) is 0 Å². The van der Waals surface area contributed by atoms with E-state index in [-0.39, 0.29) is 5.91 Å². The highest BCUT2D eigenvalue weighted by atomic mass is 127. The molecule has 6 heteroatoms. The third-order valence-electron chi connectivity index (χ3n) is 2.68. The fourth-order valence-corrected chi connectivity index (χ4v) is 2.68. The predicted molar refractivity (Wildman–Crippen MR) is 94.9 cm³/mol. The number of nitrogens with one attached hydrogen (secondary N) is 1. The highest BCUT2D eigenvalue weighted by Gasteiger charge is 2.07. The van der Waals surface area contributed by atoms with Crippen molar-refractivity contribution >= 4 is 50.6 Å². The Bertz CT molecular complexity index is 689. The minimum Gasteiger partial charge on any atom is -0.496 e. The van der Waals surface area contributed by atoms with E-state index < -0.39 is 0 Å². The molecule has 0 radical (unpaired) electrons. The lowest BCUT2D eigenvalue weighted by Crippen LogP contribution is -2.18. The fraction of sp³-hybridized carbons (Fsp3) is 0.0667. The first-order chi connectivity index (χ1) is 10.1. The predicted octanol–water partition coefficient (Wildman–Crippen LogP) is 3.83. The number of carbonyl (C=O) groups is 1. The lowest BCUT2D eigenvalue weighted by atomic mass is 10.2. The Morgan fingerprint density at radius 1 is 1.33 bits per heavy atom. The summed E-state index contributed by atoms with van der Waals surface area (Å²) in [6.07, 6.45) is 1.55. The minimum absolute atomic E-state index is 0.245. The highest BCUT2D eigenvalue weighted by Crippen LogP contribution is 2.21. The summed E-state index contributed by atoms with van der Waals surface area (Å²) in [5.41, 5.74) is 3.88. The van der Waals surface area contributed by atoms with Crippen molar-refractivity contribution in [3.8, 4) is 5.75 Å². The van der Waals surface area contributed by atoms with Crippen LogP contribution in [0.1, 0.15) is 15.9 Å². The molecule has 0 aliphatic carbocycles. The number of rotatable bonds is 4. The van der Waals surface area contributed by atoms with Crippen molar-refractivity contribution in [3.05, 3.63) is 61.6 Å². The summed E-state index contributed by atoms with van der Waals surface area (Å²) in [5, 5.41) is 3.98. The number of carbonyl (C=O) groups excluding carboxylic acids is 1. The van der Waals surface area contributed by atoms with E-state index in [2.05, 4.69) is 49.0 Å². The first-order valence-corrected chi connectivity index (χ1v) is 7.90. The highest BCUT2D eigenvalue weighted by molar-refractivity contribution is 14.1. The molecule has 2 rings (SSSR count). The van der Waals surface area contributed by atoms with Crippen LogP contribution in [0.4, 0.5) is 0 Å². The summed E-state index contributed by atoms with van der Waals surface area (Å²) >= 11 is 5.50. The maximum atomic E-state index is 12.0. The van der Waals surface area contributed by atoms with E-state index in [1.54, 1.807) is 19.4 Å². The van der Waals surface area contributed by atoms with Gasteiger partial charge in [0.05, 0.1) is 18.9 Å². The van der Waals surface area contributed by atoms with Crippen molar-refractivity contribution in [1.29, 1.82) is 0 Å². The Labute approximate surface area is 144 Å². The van der Waals surface area contributed by atoms with Gasteiger partial charge in [-0.2, -0.15) is 5.10 Å². The van der Waals surface area contributed by atoms with Crippen LogP contribution >= 0.6 is 38.5 Å². The zero-order valence-corrected chi connectivity index (χ0v) is 14.9. The lowest BCUT2D eigenvalue weighted by Gasteiger charge is -2.05. The van der Waals surface area contributed by atoms with Gasteiger partial charge in [0.1, 0.15) is 5.75 Å². The second-order valence-corrected chi connectivity index (χ2v) is 6.14. The Hall–Kier alpha value is -1.41. The van der Waals surface area contributed by atoms with Gasteiger partial charge in [0.15, 0.2) is 0 Å². The molecule has 0 bridgehead atoms. The molecule has 0 unspecified atom stereocenters. The summed E-state index contributed by atoms with van der Waals surface area (Å²) in [7, 11) is 1.59. The van der Waals surface area contributed by atoms with Crippen molar-refractivity contribution in [2.24, 2.45) is 5.10 Å². The SMILES string of the molecule is COc1ccc(Br)cc1/C=N\NC(=O)c1ccccc1I. The van der Waals surface area contributed by atoms with E-state index in [9.17, 15) is 4.79 Å². The molecule has 0 heterocycles. The molecule has 0 spiro atoms. The molecule has 0 atom stereocenters. The Balaban J connectivity index is 2.11. The molecule has 4 nitrogen and oxygen atoms in total. The smallest absolute Gasteiger partial charge is 0.272 e. The summed E-state index contributed by atoms with van der Waals surface area (Å²) in [4.78, 5) is 12.0. The molecular weight excluding hydrogens is 447 g/mol. The molecule has 0 aliphatic rings. The second kappa shape index (κ2) is 7.56. The molecular formula is C15H12BrIN2O2. The van der Waals surface area contributed by atoms with E-state index in [4.69, 9.17) is 4.74 Å². The summed E-state index contributed by atoms with van der Waals surface area (Å²) in [5.74, 6) is 0.440. The van der Waals surface area contributed by atoms with Gasteiger partial charge in [0, 0.05) is 13.6 Å². The number of ether oxygens (including phenoxy) is 1. The van der Waals surface area contributed by atoms with Gasteiger partial charge >= 0.3 is 0 Å². The first kappa shape index (κ1) is 16.0. The molecule has 0 aliphatic heterocycles. The second-order valence-electron chi connectivity index (χ2n) is 4.07. The van der Waals surface area contributed by atoms with Crippen molar-refractivity contribution in [2.45, 2.75) is 0 Å². The Kier molecular flexibility index (Phi) is 5.75. The third kappa shape index (κ3) is 4.28. The quantitative estimate of drug-likeness (QED) is 0.430. The Morgan fingerprint density at radius 3 is 2.81 bits per heavy atom. The summed E-state index contributed by atoms with van der Waals surface area (Å²) in [6, 6.07) is 12.9. The monoisotopic (exact) mass is 458 g/mol. The summed E-state index contributed by atoms with van der Waals surface area (Å²) < 4.78 is 7.02. The van der Waals surface area contributed by atoms with Crippen LogP contribution in [-0.2, 0) is 0 Å². The number of hydrogen-bond acceptors (Lipinski definition) is 3. The average Bonchev–Trinajstić information content (AvgIpc) is 2.48. The van der Waals surface area contributed by atoms with Crippen molar-refractivity contribution in [2.75, 3.05) is 7.11 Å². The Morgan fingerprint density at radius 2 is 2.10 bits per heavy atom. The lowest BCUT2D eigenvalue weighted by molar-refractivity contribution is 0.0954. The van der Waals surface area contributed by atoms with Crippen molar-refractivity contribution < 1.29 is 9.53 Å². The number of hydrogen-bond donors (Lipinski definition) is 1. The summed E-state index contributed by atoms with van der Waals surface area (Å²) in [6.45, 7) is 0. The maximum absolute atomic E-state index is 12.0. The van der Waals surface area contributed by atoms with Crippen molar-refractivity contribution in [3.63, 3.8) is 0 Å². The van der Waals surface area contributed by atoms with E-state index in [0.717, 1.165) is 13.6 Å². The van der Waals surface area contributed by atoms with E-state index in [0.29, 0.717) is 11.3 Å². The van der Waals surface area contributed by atoms with Crippen LogP contribution < -0.4 is 10.2 Å². The fourth-order valence-electron chi connectivity index (χ4n) is 1.67. The normalized spacial score (nSPS) is 10.6. The van der Waals surface area contributed by atoms with E-state index in [1.165, 1.54) is 0 Å². The zero-order valence-electron chi connectivity index (χ0n) is 11.1. The van der Waals surface area contributed by atoms with E-state index in [1.807, 2.05) is 36.4 Å². The minimum atomic E-state index is -0.245. The van der Waals surface area contributed by atoms with Crippen LogP contribution in [0.3, 0.4) is 0 Å². The largest absolute Gasteiger partial charge is 0.496 e. The van der Waals surface area contributed by atoms with Crippen LogP contribution in [0.15, 0.2) is 52.0 Å². The molecule has 0 aromatic heterocycles.